The van der Waals surface area contributed by atoms with Crippen LogP contribution in [0, 0.1) is 0 Å². The van der Waals surface area contributed by atoms with Crippen LogP contribution in [0.15, 0.2) is 60.0 Å². The Morgan fingerprint density at radius 3 is 2.17 bits per heavy atom. The first-order chi connectivity index (χ1) is 18.8. The highest BCUT2D eigenvalue weighted by atomic mass is 32.2. The van der Waals surface area contributed by atoms with Gasteiger partial charge in [0.25, 0.3) is 11.8 Å². The summed E-state index contributed by atoms with van der Waals surface area (Å²) in [5.41, 5.74) is -0.852. The molecule has 0 aromatic heterocycles. The van der Waals surface area contributed by atoms with Crippen molar-refractivity contribution >= 4 is 33.2 Å². The molecule has 1 fully saturated rings. The van der Waals surface area contributed by atoms with Gasteiger partial charge in [0.1, 0.15) is 0 Å². The van der Waals surface area contributed by atoms with Crippen LogP contribution in [0.1, 0.15) is 52.0 Å². The third-order valence-corrected chi connectivity index (χ3v) is 7.54. The minimum atomic E-state index is -4.65. The van der Waals surface area contributed by atoms with Crippen LogP contribution < -0.4 is 21.3 Å². The predicted octanol–water partition coefficient (Wildman–Crippen LogP) is 3.29. The molecule has 3 amide bonds. The standard InChI is InChI=1S/C27H31F3N4O5S/c1-3-14-31-21-13-10-18(27(28,29)30)15-20(21)26(37)32-16-24(35)33-22-6-4-5-7-23(22)34-25(36)17-8-11-19(12-9-17)40(2,38)39/h3,8-13,15,22-23,31H,1,4-7,14,16H2,2H3,(H,32,37)(H,33,35)(H,34,36)/t22-,23+/m1/s1. The molecule has 0 unspecified atom stereocenters. The molecule has 0 bridgehead atoms. The van der Waals surface area contributed by atoms with E-state index in [1.165, 1.54) is 30.3 Å². The third kappa shape index (κ3) is 8.31. The molecule has 0 spiro atoms. The summed E-state index contributed by atoms with van der Waals surface area (Å²) >= 11 is 0. The first-order valence-corrected chi connectivity index (χ1v) is 14.4. The lowest BCUT2D eigenvalue weighted by Crippen LogP contribution is -2.54. The normalized spacial score (nSPS) is 17.4. The number of amides is 3. The summed E-state index contributed by atoms with van der Waals surface area (Å²) in [4.78, 5) is 38.2. The van der Waals surface area contributed by atoms with E-state index in [0.29, 0.717) is 18.9 Å². The molecule has 1 saturated carbocycles. The van der Waals surface area contributed by atoms with E-state index in [1.54, 1.807) is 0 Å². The smallest absolute Gasteiger partial charge is 0.381 e. The maximum atomic E-state index is 13.2. The van der Waals surface area contributed by atoms with Gasteiger partial charge in [0.15, 0.2) is 9.84 Å². The minimum Gasteiger partial charge on any atom is -0.381 e. The van der Waals surface area contributed by atoms with E-state index in [-0.39, 0.29) is 28.3 Å². The number of rotatable bonds is 10. The average Bonchev–Trinajstić information content (AvgIpc) is 2.90. The van der Waals surface area contributed by atoms with E-state index < -0.39 is 57.9 Å². The Balaban J connectivity index is 1.62. The van der Waals surface area contributed by atoms with Crippen molar-refractivity contribution in [2.75, 3.05) is 24.7 Å². The van der Waals surface area contributed by atoms with Crippen LogP contribution in [0.25, 0.3) is 0 Å². The Morgan fingerprint density at radius 2 is 1.60 bits per heavy atom. The van der Waals surface area contributed by atoms with Crippen LogP contribution in [0.3, 0.4) is 0 Å². The number of hydrogen-bond acceptors (Lipinski definition) is 6. The highest BCUT2D eigenvalue weighted by molar-refractivity contribution is 7.90. The van der Waals surface area contributed by atoms with E-state index in [1.807, 2.05) is 0 Å². The third-order valence-electron chi connectivity index (χ3n) is 6.41. The van der Waals surface area contributed by atoms with Gasteiger partial charge in [-0.2, -0.15) is 13.2 Å². The van der Waals surface area contributed by atoms with Gasteiger partial charge < -0.3 is 21.3 Å². The second kappa shape index (κ2) is 13.0. The molecule has 1 aliphatic rings. The average molecular weight is 581 g/mol. The fraction of sp³-hybridized carbons (Fsp3) is 0.370. The molecule has 0 heterocycles. The van der Waals surface area contributed by atoms with E-state index >= 15 is 0 Å². The highest BCUT2D eigenvalue weighted by Gasteiger charge is 2.32. The Bertz CT molecular complexity index is 1360. The summed E-state index contributed by atoms with van der Waals surface area (Å²) in [6.45, 7) is 3.26. The first kappa shape index (κ1) is 30.7. The predicted molar refractivity (Wildman–Crippen MR) is 144 cm³/mol. The zero-order valence-corrected chi connectivity index (χ0v) is 22.6. The van der Waals surface area contributed by atoms with Crippen molar-refractivity contribution < 1.29 is 36.0 Å². The molecule has 2 aromatic carbocycles. The number of carbonyl (C=O) groups excluding carboxylic acids is 3. The van der Waals surface area contributed by atoms with Crippen LogP contribution in [0.5, 0.6) is 0 Å². The number of sulfone groups is 1. The lowest BCUT2D eigenvalue weighted by molar-refractivity contribution is -0.137. The molecule has 2 aromatic rings. The fourth-order valence-corrected chi connectivity index (χ4v) is 4.97. The second-order valence-corrected chi connectivity index (χ2v) is 11.5. The molecule has 4 N–H and O–H groups in total. The zero-order chi connectivity index (χ0) is 29.5. The van der Waals surface area contributed by atoms with E-state index in [0.717, 1.165) is 31.2 Å². The topological polar surface area (TPSA) is 133 Å². The monoisotopic (exact) mass is 580 g/mol. The van der Waals surface area contributed by atoms with Crippen molar-refractivity contribution in [3.8, 4) is 0 Å². The molecule has 13 heteroatoms. The molecule has 40 heavy (non-hydrogen) atoms. The Hall–Kier alpha value is -3.87. The zero-order valence-electron chi connectivity index (χ0n) is 21.8. The molecule has 216 valence electrons. The van der Waals surface area contributed by atoms with Crippen LogP contribution in [-0.4, -0.2) is 57.6 Å². The van der Waals surface area contributed by atoms with Crippen molar-refractivity contribution in [3.05, 3.63) is 71.8 Å². The summed E-state index contributed by atoms with van der Waals surface area (Å²) < 4.78 is 62.9. The molecule has 0 saturated heterocycles. The fourth-order valence-electron chi connectivity index (χ4n) is 4.34. The number of nitrogens with one attached hydrogen (secondary N) is 4. The number of halogens is 3. The van der Waals surface area contributed by atoms with Crippen LogP contribution in [0.2, 0.25) is 0 Å². The minimum absolute atomic E-state index is 0.0858. The first-order valence-electron chi connectivity index (χ1n) is 12.5. The van der Waals surface area contributed by atoms with E-state index in [4.69, 9.17) is 0 Å². The van der Waals surface area contributed by atoms with E-state index in [9.17, 15) is 36.0 Å². The van der Waals surface area contributed by atoms with Gasteiger partial charge in [0, 0.05) is 36.1 Å². The van der Waals surface area contributed by atoms with Gasteiger partial charge in [-0.15, -0.1) is 6.58 Å². The Kier molecular flexibility index (Phi) is 9.96. The van der Waals surface area contributed by atoms with Gasteiger partial charge in [0.2, 0.25) is 5.91 Å². The van der Waals surface area contributed by atoms with Gasteiger partial charge in [-0.05, 0) is 55.3 Å². The van der Waals surface area contributed by atoms with Crippen LogP contribution >= 0.6 is 0 Å². The largest absolute Gasteiger partial charge is 0.416 e. The number of alkyl halides is 3. The Morgan fingerprint density at radius 1 is 0.975 bits per heavy atom. The maximum absolute atomic E-state index is 13.2. The molecule has 0 radical (unpaired) electrons. The summed E-state index contributed by atoms with van der Waals surface area (Å²) in [6, 6.07) is 7.37. The molecule has 2 atom stereocenters. The quantitative estimate of drug-likeness (QED) is 0.319. The van der Waals surface area contributed by atoms with E-state index in [2.05, 4.69) is 27.8 Å². The lowest BCUT2D eigenvalue weighted by Gasteiger charge is -2.33. The SMILES string of the molecule is C=CCNc1ccc(C(F)(F)F)cc1C(=O)NCC(=O)N[C@@H]1CCCC[C@@H]1NC(=O)c1ccc(S(C)(=O)=O)cc1. The molecule has 3 rings (SSSR count). The van der Waals surface area contributed by atoms with Gasteiger partial charge in [-0.3, -0.25) is 14.4 Å². The van der Waals surface area contributed by atoms with Crippen LogP contribution in [0.4, 0.5) is 18.9 Å². The van der Waals surface area contributed by atoms with Gasteiger partial charge >= 0.3 is 6.18 Å². The number of carbonyl (C=O) groups is 3. The molecule has 9 nitrogen and oxygen atoms in total. The number of benzene rings is 2. The lowest BCUT2D eigenvalue weighted by atomic mass is 9.90. The summed E-state index contributed by atoms with van der Waals surface area (Å²) in [7, 11) is -3.41. The van der Waals surface area contributed by atoms with Crippen molar-refractivity contribution in [1.82, 2.24) is 16.0 Å². The number of anilines is 1. The molecular weight excluding hydrogens is 549 g/mol. The van der Waals surface area contributed by atoms with Gasteiger partial charge in [-0.1, -0.05) is 18.9 Å². The van der Waals surface area contributed by atoms with Gasteiger partial charge in [0.05, 0.1) is 22.6 Å². The van der Waals surface area contributed by atoms with Crippen molar-refractivity contribution in [1.29, 1.82) is 0 Å². The van der Waals surface area contributed by atoms with Gasteiger partial charge in [-0.25, -0.2) is 8.42 Å². The Labute approximate surface area is 230 Å². The van der Waals surface area contributed by atoms with Crippen molar-refractivity contribution in [2.45, 2.75) is 48.8 Å². The van der Waals surface area contributed by atoms with Crippen molar-refractivity contribution in [3.63, 3.8) is 0 Å². The second-order valence-electron chi connectivity index (χ2n) is 9.45. The number of hydrogen-bond donors (Lipinski definition) is 4. The summed E-state index contributed by atoms with van der Waals surface area (Å²) in [5.74, 6) is -1.85. The molecular formula is C27H31F3N4O5S. The summed E-state index contributed by atoms with van der Waals surface area (Å²) in [5, 5.41) is 10.8. The highest BCUT2D eigenvalue weighted by Crippen LogP contribution is 2.32. The molecule has 1 aliphatic carbocycles. The molecule has 0 aliphatic heterocycles. The maximum Gasteiger partial charge on any atom is 0.416 e. The van der Waals surface area contributed by atoms with Crippen molar-refractivity contribution in [2.24, 2.45) is 0 Å². The van der Waals surface area contributed by atoms with Crippen LogP contribution in [-0.2, 0) is 20.8 Å². The summed E-state index contributed by atoms with van der Waals surface area (Å²) in [6.07, 6.45) is 0.675.